The van der Waals surface area contributed by atoms with E-state index < -0.39 is 0 Å². The van der Waals surface area contributed by atoms with Crippen molar-refractivity contribution in [3.8, 4) is 0 Å². The highest BCUT2D eigenvalue weighted by Crippen LogP contribution is 2.28. The number of rotatable bonds is 0. The maximum atomic E-state index is 2.35. The van der Waals surface area contributed by atoms with Crippen molar-refractivity contribution >= 4 is 0 Å². The van der Waals surface area contributed by atoms with E-state index >= 15 is 0 Å². The highest BCUT2D eigenvalue weighted by atomic mass is 14.2. The predicted molar refractivity (Wildman–Crippen MR) is 57.3 cm³/mol. The molecule has 0 atom stereocenters. The first-order valence-corrected chi connectivity index (χ1v) is 5.28. The van der Waals surface area contributed by atoms with Gasteiger partial charge in [0.15, 0.2) is 0 Å². The first kappa shape index (κ1) is 8.80. The minimum absolute atomic E-state index is 1.31. The first-order chi connectivity index (χ1) is 6.20. The first-order valence-electron chi connectivity index (χ1n) is 5.28. The fourth-order valence-corrected chi connectivity index (χ4v) is 2.51. The zero-order valence-corrected chi connectivity index (χ0v) is 8.91. The summed E-state index contributed by atoms with van der Waals surface area (Å²) in [6.45, 7) is 6.77. The lowest BCUT2D eigenvalue weighted by Gasteiger charge is -2.21. The molecule has 0 bridgehead atoms. The lowest BCUT2D eigenvalue weighted by atomic mass is 9.84. The average Bonchev–Trinajstić information content (AvgIpc) is 2.15. The van der Waals surface area contributed by atoms with Crippen LogP contribution >= 0.6 is 0 Å². The number of fused-ring (bicyclic) bond motifs is 1. The van der Waals surface area contributed by atoms with Crippen LogP contribution < -0.4 is 0 Å². The molecule has 0 unspecified atom stereocenters. The van der Waals surface area contributed by atoms with E-state index in [4.69, 9.17) is 0 Å². The van der Waals surface area contributed by atoms with Crippen LogP contribution in [0.4, 0.5) is 0 Å². The highest BCUT2D eigenvalue weighted by molar-refractivity contribution is 5.45. The Balaban J connectivity index is 2.63. The van der Waals surface area contributed by atoms with Gasteiger partial charge in [0.05, 0.1) is 0 Å². The van der Waals surface area contributed by atoms with Crippen molar-refractivity contribution in [1.82, 2.24) is 0 Å². The molecule has 0 saturated carbocycles. The highest BCUT2D eigenvalue weighted by Gasteiger charge is 2.14. The lowest BCUT2D eigenvalue weighted by molar-refractivity contribution is 0.677. The molecule has 0 fully saturated rings. The monoisotopic (exact) mass is 174 g/mol. The molecule has 1 aromatic carbocycles. The van der Waals surface area contributed by atoms with Gasteiger partial charge in [-0.2, -0.15) is 0 Å². The smallest absolute Gasteiger partial charge is 0.0273 e. The summed E-state index contributed by atoms with van der Waals surface area (Å²) in [6, 6.07) is 2.35. The molecule has 2 rings (SSSR count). The van der Waals surface area contributed by atoms with Crippen molar-refractivity contribution in [2.75, 3.05) is 0 Å². The third-order valence-corrected chi connectivity index (χ3v) is 3.42. The lowest BCUT2D eigenvalue weighted by Crippen LogP contribution is -2.08. The number of hydrogen-bond donors (Lipinski definition) is 0. The maximum Gasteiger partial charge on any atom is -0.0273 e. The molecule has 0 N–H and O–H groups in total. The van der Waals surface area contributed by atoms with E-state index in [0.717, 1.165) is 0 Å². The summed E-state index contributed by atoms with van der Waals surface area (Å²) in [5, 5.41) is 0. The van der Waals surface area contributed by atoms with E-state index in [0.29, 0.717) is 0 Å². The van der Waals surface area contributed by atoms with Gasteiger partial charge in [-0.1, -0.05) is 6.07 Å². The summed E-state index contributed by atoms with van der Waals surface area (Å²) < 4.78 is 0. The normalized spacial score (nSPS) is 15.6. The second-order valence-corrected chi connectivity index (χ2v) is 4.30. The van der Waals surface area contributed by atoms with Crippen LogP contribution in [0.1, 0.15) is 40.7 Å². The fourth-order valence-electron chi connectivity index (χ4n) is 2.51. The molecule has 0 spiro atoms. The van der Waals surface area contributed by atoms with E-state index in [1.165, 1.54) is 36.8 Å². The van der Waals surface area contributed by atoms with Gasteiger partial charge in [0.25, 0.3) is 0 Å². The van der Waals surface area contributed by atoms with Crippen LogP contribution in [0.15, 0.2) is 6.07 Å². The zero-order chi connectivity index (χ0) is 9.42. The molecule has 0 nitrogen and oxygen atoms in total. The van der Waals surface area contributed by atoms with Crippen LogP contribution in [0.2, 0.25) is 0 Å². The Morgan fingerprint density at radius 2 is 1.46 bits per heavy atom. The second kappa shape index (κ2) is 3.17. The molecule has 0 heterocycles. The van der Waals surface area contributed by atoms with Gasteiger partial charge in [-0.3, -0.25) is 0 Å². The molecule has 1 aliphatic carbocycles. The van der Waals surface area contributed by atoms with Crippen LogP contribution in [0.3, 0.4) is 0 Å². The zero-order valence-electron chi connectivity index (χ0n) is 8.91. The molecule has 0 radical (unpaired) electrons. The van der Waals surface area contributed by atoms with E-state index in [9.17, 15) is 0 Å². The van der Waals surface area contributed by atoms with Crippen molar-refractivity contribution in [3.05, 3.63) is 33.9 Å². The molecular weight excluding hydrogens is 156 g/mol. The molecule has 0 heteroatoms. The van der Waals surface area contributed by atoms with Gasteiger partial charge >= 0.3 is 0 Å². The van der Waals surface area contributed by atoms with Gasteiger partial charge in [-0.25, -0.2) is 0 Å². The van der Waals surface area contributed by atoms with Crippen molar-refractivity contribution in [2.45, 2.75) is 46.5 Å². The Kier molecular flexibility index (Phi) is 2.15. The van der Waals surface area contributed by atoms with E-state index in [1.54, 1.807) is 16.7 Å². The van der Waals surface area contributed by atoms with Gasteiger partial charge in [0, 0.05) is 0 Å². The molecular formula is C13H18. The van der Waals surface area contributed by atoms with Gasteiger partial charge in [0.1, 0.15) is 0 Å². The van der Waals surface area contributed by atoms with Crippen molar-refractivity contribution in [3.63, 3.8) is 0 Å². The SMILES string of the molecule is Cc1cc(C)c2c(c1C)CCCC2. The average molecular weight is 174 g/mol. The van der Waals surface area contributed by atoms with E-state index in [1.807, 2.05) is 0 Å². The summed E-state index contributed by atoms with van der Waals surface area (Å²) >= 11 is 0. The third-order valence-electron chi connectivity index (χ3n) is 3.42. The van der Waals surface area contributed by atoms with Gasteiger partial charge < -0.3 is 0 Å². The summed E-state index contributed by atoms with van der Waals surface area (Å²) in [6.07, 6.45) is 5.39. The molecule has 1 aliphatic rings. The van der Waals surface area contributed by atoms with Crippen LogP contribution in [0, 0.1) is 20.8 Å². The minimum atomic E-state index is 1.31. The molecule has 0 amide bonds. The molecule has 0 aliphatic heterocycles. The molecule has 13 heavy (non-hydrogen) atoms. The standard InChI is InChI=1S/C13H18/c1-9-8-10(2)12-6-4-5-7-13(12)11(9)3/h8H,4-7H2,1-3H3. The number of benzene rings is 1. The number of hydrogen-bond acceptors (Lipinski definition) is 0. The van der Waals surface area contributed by atoms with Gasteiger partial charge in [-0.05, 0) is 74.3 Å². The third kappa shape index (κ3) is 1.39. The van der Waals surface area contributed by atoms with Crippen molar-refractivity contribution < 1.29 is 0 Å². The summed E-state index contributed by atoms with van der Waals surface area (Å²) in [4.78, 5) is 0. The van der Waals surface area contributed by atoms with Crippen LogP contribution in [0.25, 0.3) is 0 Å². The fraction of sp³-hybridized carbons (Fsp3) is 0.538. The van der Waals surface area contributed by atoms with Crippen LogP contribution in [-0.4, -0.2) is 0 Å². The van der Waals surface area contributed by atoms with Crippen molar-refractivity contribution in [2.24, 2.45) is 0 Å². The van der Waals surface area contributed by atoms with Crippen LogP contribution in [0.5, 0.6) is 0 Å². The Labute approximate surface area is 81.0 Å². The number of aryl methyl sites for hydroxylation is 2. The molecule has 0 aromatic heterocycles. The maximum absolute atomic E-state index is 2.35. The Hall–Kier alpha value is -0.780. The van der Waals surface area contributed by atoms with E-state index in [2.05, 4.69) is 26.8 Å². The minimum Gasteiger partial charge on any atom is -0.0558 e. The molecule has 70 valence electrons. The van der Waals surface area contributed by atoms with E-state index in [-0.39, 0.29) is 0 Å². The largest absolute Gasteiger partial charge is 0.0558 e. The quantitative estimate of drug-likeness (QED) is 0.565. The molecule has 1 aromatic rings. The van der Waals surface area contributed by atoms with Gasteiger partial charge in [0.2, 0.25) is 0 Å². The summed E-state index contributed by atoms with van der Waals surface area (Å²) in [7, 11) is 0. The van der Waals surface area contributed by atoms with Gasteiger partial charge in [-0.15, -0.1) is 0 Å². The summed E-state index contributed by atoms with van der Waals surface area (Å²) in [5.41, 5.74) is 7.83. The predicted octanol–water partition coefficient (Wildman–Crippen LogP) is 3.49. The van der Waals surface area contributed by atoms with Crippen molar-refractivity contribution in [1.29, 1.82) is 0 Å². The Morgan fingerprint density at radius 1 is 0.846 bits per heavy atom. The second-order valence-electron chi connectivity index (χ2n) is 4.30. The molecule has 0 saturated heterocycles. The topological polar surface area (TPSA) is 0 Å². The Morgan fingerprint density at radius 3 is 2.15 bits per heavy atom. The Bertz CT molecular complexity index is 334. The summed E-state index contributed by atoms with van der Waals surface area (Å²) in [5.74, 6) is 0. The van der Waals surface area contributed by atoms with Crippen LogP contribution in [-0.2, 0) is 12.8 Å².